The molecule has 2 fully saturated rings. The van der Waals surface area contributed by atoms with Gasteiger partial charge in [-0.25, -0.2) is 9.59 Å². The van der Waals surface area contributed by atoms with Gasteiger partial charge in [-0.05, 0) is 6.42 Å². The zero-order valence-electron chi connectivity index (χ0n) is 9.18. The summed E-state index contributed by atoms with van der Waals surface area (Å²) in [5.41, 5.74) is 0. The third-order valence-corrected chi connectivity index (χ3v) is 3.47. The summed E-state index contributed by atoms with van der Waals surface area (Å²) in [6, 6.07) is 0. The molecule has 5 atom stereocenters. The Morgan fingerprint density at radius 1 is 1.11 bits per heavy atom. The van der Waals surface area contributed by atoms with Crippen LogP contribution in [0.25, 0.3) is 0 Å². The second kappa shape index (κ2) is 4.45. The van der Waals surface area contributed by atoms with Crippen LogP contribution >= 0.6 is 0 Å². The highest BCUT2D eigenvalue weighted by molar-refractivity contribution is 5.87. The molecule has 0 aromatic heterocycles. The van der Waals surface area contributed by atoms with Crippen LogP contribution in [0, 0.1) is 11.8 Å². The topological polar surface area (TPSA) is 130 Å². The molecule has 3 N–H and O–H groups in total. The first kappa shape index (κ1) is 12.6. The number of ether oxygens (including phenoxy) is 2. The van der Waals surface area contributed by atoms with Crippen LogP contribution < -0.4 is 0 Å². The molecule has 0 aromatic carbocycles. The Morgan fingerprint density at radius 2 is 1.72 bits per heavy atom. The fourth-order valence-corrected chi connectivity index (χ4v) is 2.86. The van der Waals surface area contributed by atoms with Crippen molar-refractivity contribution < 1.29 is 39.2 Å². The zero-order chi connectivity index (χ0) is 13.4. The van der Waals surface area contributed by atoms with Crippen LogP contribution in [0.15, 0.2) is 0 Å². The molecule has 0 aliphatic heterocycles. The van der Waals surface area contributed by atoms with Gasteiger partial charge in [0, 0.05) is 18.3 Å². The van der Waals surface area contributed by atoms with Crippen molar-refractivity contribution in [3.8, 4) is 0 Å². The molecule has 0 amide bonds. The van der Waals surface area contributed by atoms with Crippen LogP contribution in [-0.2, 0) is 14.3 Å². The van der Waals surface area contributed by atoms with E-state index in [1.165, 1.54) is 0 Å². The number of hydrogen-bond donors (Lipinski definition) is 3. The van der Waals surface area contributed by atoms with Crippen molar-refractivity contribution in [1.29, 1.82) is 0 Å². The minimum absolute atomic E-state index is 0.0440. The Labute approximate surface area is 101 Å². The molecule has 0 bridgehead atoms. The van der Waals surface area contributed by atoms with E-state index in [0.717, 1.165) is 0 Å². The molecule has 8 heteroatoms. The molecule has 18 heavy (non-hydrogen) atoms. The molecule has 0 heterocycles. The molecular weight excluding hydrogens is 248 g/mol. The van der Waals surface area contributed by atoms with E-state index in [1.807, 2.05) is 0 Å². The van der Waals surface area contributed by atoms with Gasteiger partial charge in [-0.15, -0.1) is 0 Å². The SMILES string of the molecule is O=C(O)OC1C(=O)C[C@@H]2[C@@H](OC(=O)O)[C@H](O)C[C@H]12. The van der Waals surface area contributed by atoms with Gasteiger partial charge in [0.15, 0.2) is 11.9 Å². The quantitative estimate of drug-likeness (QED) is 0.595. The second-order valence-electron chi connectivity index (χ2n) is 4.45. The number of aliphatic hydroxyl groups is 1. The first-order chi connectivity index (χ1) is 8.40. The molecule has 0 saturated heterocycles. The van der Waals surface area contributed by atoms with Gasteiger partial charge in [0.1, 0.15) is 6.10 Å². The lowest BCUT2D eigenvalue weighted by atomic mass is 9.98. The van der Waals surface area contributed by atoms with Gasteiger partial charge >= 0.3 is 12.3 Å². The Hall–Kier alpha value is -1.83. The number of fused-ring (bicyclic) bond motifs is 1. The molecule has 100 valence electrons. The van der Waals surface area contributed by atoms with Gasteiger partial charge < -0.3 is 24.8 Å². The summed E-state index contributed by atoms with van der Waals surface area (Å²) in [5, 5.41) is 26.8. The predicted molar refractivity (Wildman–Crippen MR) is 53.0 cm³/mol. The van der Waals surface area contributed by atoms with Crippen LogP contribution in [0.2, 0.25) is 0 Å². The Morgan fingerprint density at radius 3 is 2.28 bits per heavy atom. The van der Waals surface area contributed by atoms with Gasteiger partial charge in [-0.3, -0.25) is 4.79 Å². The molecular formula is C10H12O8. The van der Waals surface area contributed by atoms with Crippen molar-refractivity contribution in [2.45, 2.75) is 31.2 Å². The van der Waals surface area contributed by atoms with Crippen molar-refractivity contribution >= 4 is 18.1 Å². The molecule has 2 aliphatic rings. The van der Waals surface area contributed by atoms with Gasteiger partial charge in [0.05, 0.1) is 6.10 Å². The minimum atomic E-state index is -1.56. The first-order valence-corrected chi connectivity index (χ1v) is 5.40. The van der Waals surface area contributed by atoms with Crippen molar-refractivity contribution in [3.05, 3.63) is 0 Å². The number of aliphatic hydroxyl groups excluding tert-OH is 1. The van der Waals surface area contributed by atoms with Crippen LogP contribution in [-0.4, -0.2) is 51.7 Å². The van der Waals surface area contributed by atoms with E-state index in [2.05, 4.69) is 9.47 Å². The summed E-state index contributed by atoms with van der Waals surface area (Å²) in [5.74, 6) is -1.45. The van der Waals surface area contributed by atoms with E-state index < -0.39 is 48.2 Å². The maximum Gasteiger partial charge on any atom is 0.506 e. The smallest absolute Gasteiger partial charge is 0.450 e. The van der Waals surface area contributed by atoms with Crippen LogP contribution in [0.1, 0.15) is 12.8 Å². The Kier molecular flexibility index (Phi) is 3.12. The van der Waals surface area contributed by atoms with Crippen molar-refractivity contribution in [1.82, 2.24) is 0 Å². The average molecular weight is 260 g/mol. The number of carboxylic acid groups (broad SMARTS) is 2. The fourth-order valence-electron chi connectivity index (χ4n) is 2.86. The number of ketones is 1. The molecule has 0 aromatic rings. The predicted octanol–water partition coefficient (Wildman–Crippen LogP) is 0.0826. The summed E-state index contributed by atoms with van der Waals surface area (Å²) in [4.78, 5) is 32.5. The average Bonchev–Trinajstić information content (AvgIpc) is 2.67. The molecule has 2 rings (SSSR count). The van der Waals surface area contributed by atoms with Crippen LogP contribution in [0.5, 0.6) is 0 Å². The number of Topliss-reactive ketones (excluding diaryl/α,β-unsaturated/α-hetero) is 1. The Balaban J connectivity index is 2.13. The minimum Gasteiger partial charge on any atom is -0.450 e. The van der Waals surface area contributed by atoms with E-state index in [1.54, 1.807) is 0 Å². The first-order valence-electron chi connectivity index (χ1n) is 5.40. The summed E-state index contributed by atoms with van der Waals surface area (Å²) in [6.45, 7) is 0. The van der Waals surface area contributed by atoms with E-state index in [-0.39, 0.29) is 12.8 Å². The zero-order valence-corrected chi connectivity index (χ0v) is 9.18. The maximum absolute atomic E-state index is 11.6. The standard InChI is InChI=1S/C10H12O8/c11-5-1-3-4(8(5)18-10(15)16)2-6(12)7(3)17-9(13)14/h3-5,7-8,11H,1-2H2,(H,13,14)(H,15,16)/t3-,4-,5+,7?,8+/m0/s1. The second-order valence-corrected chi connectivity index (χ2v) is 4.45. The van der Waals surface area contributed by atoms with Gasteiger partial charge in [0.2, 0.25) is 0 Å². The normalized spacial score (nSPS) is 38.3. The largest absolute Gasteiger partial charge is 0.506 e. The summed E-state index contributed by atoms with van der Waals surface area (Å²) >= 11 is 0. The summed E-state index contributed by atoms with van der Waals surface area (Å²) in [6.07, 6.45) is -6.22. The lowest BCUT2D eigenvalue weighted by molar-refractivity contribution is -0.127. The highest BCUT2D eigenvalue weighted by Gasteiger charge is 2.56. The third-order valence-electron chi connectivity index (χ3n) is 3.47. The Bertz CT molecular complexity index is 391. The lowest BCUT2D eigenvalue weighted by Crippen LogP contribution is -2.31. The lowest BCUT2D eigenvalue weighted by Gasteiger charge is -2.18. The molecule has 8 nitrogen and oxygen atoms in total. The highest BCUT2D eigenvalue weighted by Crippen LogP contribution is 2.45. The molecule has 2 aliphatic carbocycles. The van der Waals surface area contributed by atoms with Crippen LogP contribution in [0.3, 0.4) is 0 Å². The molecule has 0 spiro atoms. The van der Waals surface area contributed by atoms with Gasteiger partial charge in [0.25, 0.3) is 0 Å². The number of carbonyl (C=O) groups is 3. The summed E-state index contributed by atoms with van der Waals surface area (Å²) < 4.78 is 9.04. The number of hydrogen-bond acceptors (Lipinski definition) is 6. The van der Waals surface area contributed by atoms with Crippen molar-refractivity contribution in [2.75, 3.05) is 0 Å². The molecule has 2 saturated carbocycles. The fraction of sp³-hybridized carbons (Fsp3) is 0.700. The molecule has 0 radical (unpaired) electrons. The highest BCUT2D eigenvalue weighted by atomic mass is 16.7. The van der Waals surface area contributed by atoms with Gasteiger partial charge in [-0.1, -0.05) is 0 Å². The van der Waals surface area contributed by atoms with E-state index in [4.69, 9.17) is 10.2 Å². The van der Waals surface area contributed by atoms with Crippen molar-refractivity contribution in [2.24, 2.45) is 11.8 Å². The van der Waals surface area contributed by atoms with Crippen LogP contribution in [0.4, 0.5) is 9.59 Å². The third kappa shape index (κ3) is 2.10. The maximum atomic E-state index is 11.6. The van der Waals surface area contributed by atoms with E-state index in [9.17, 15) is 19.5 Å². The van der Waals surface area contributed by atoms with Crippen molar-refractivity contribution in [3.63, 3.8) is 0 Å². The number of carbonyl (C=O) groups excluding carboxylic acids is 1. The monoisotopic (exact) mass is 260 g/mol. The number of rotatable bonds is 2. The van der Waals surface area contributed by atoms with E-state index in [0.29, 0.717) is 0 Å². The van der Waals surface area contributed by atoms with Gasteiger partial charge in [-0.2, -0.15) is 0 Å². The summed E-state index contributed by atoms with van der Waals surface area (Å²) in [7, 11) is 0. The molecule has 1 unspecified atom stereocenters. The van der Waals surface area contributed by atoms with E-state index >= 15 is 0 Å².